The Morgan fingerprint density at radius 1 is 1.45 bits per heavy atom. The van der Waals surface area contributed by atoms with Crippen molar-refractivity contribution in [2.45, 2.75) is 6.10 Å². The first-order chi connectivity index (χ1) is 10.6. The molecule has 22 heavy (non-hydrogen) atoms. The monoisotopic (exact) mass is 300 g/mol. The summed E-state index contributed by atoms with van der Waals surface area (Å²) in [6, 6.07) is 9.06. The minimum absolute atomic E-state index is 0.0199. The van der Waals surface area contributed by atoms with Crippen molar-refractivity contribution in [1.82, 2.24) is 4.98 Å². The molecule has 2 aromatic rings. The number of benzene rings is 1. The van der Waals surface area contributed by atoms with Gasteiger partial charge >= 0.3 is 0 Å². The van der Waals surface area contributed by atoms with Crippen LogP contribution in [-0.4, -0.2) is 45.4 Å². The number of fused-ring (bicyclic) bond motifs is 1. The maximum atomic E-state index is 10.1. The van der Waals surface area contributed by atoms with Crippen molar-refractivity contribution in [3.8, 4) is 11.8 Å². The SMILES string of the molecule is N#C/C(=C/c1[nH]c2ccccc2c1O)C(N)=NCC(O)CO. The van der Waals surface area contributed by atoms with E-state index in [-0.39, 0.29) is 23.7 Å². The quantitative estimate of drug-likeness (QED) is 0.311. The lowest BCUT2D eigenvalue weighted by Gasteiger charge is -2.03. The van der Waals surface area contributed by atoms with E-state index in [0.29, 0.717) is 11.1 Å². The average molecular weight is 300 g/mol. The van der Waals surface area contributed by atoms with Gasteiger partial charge in [-0.3, -0.25) is 4.99 Å². The molecule has 0 aliphatic heterocycles. The normalized spacial score (nSPS) is 14.0. The zero-order valence-electron chi connectivity index (χ0n) is 11.7. The lowest BCUT2D eigenvalue weighted by atomic mass is 10.2. The number of H-pyrrole nitrogens is 1. The Morgan fingerprint density at radius 3 is 2.82 bits per heavy atom. The number of hydrogen-bond acceptors (Lipinski definition) is 5. The minimum atomic E-state index is -1.03. The first-order valence-electron chi connectivity index (χ1n) is 6.57. The van der Waals surface area contributed by atoms with Gasteiger partial charge in [-0.25, -0.2) is 0 Å². The molecule has 0 amide bonds. The number of aromatic amines is 1. The van der Waals surface area contributed by atoms with Crippen molar-refractivity contribution in [1.29, 1.82) is 5.26 Å². The van der Waals surface area contributed by atoms with Crippen LogP contribution in [-0.2, 0) is 0 Å². The number of para-hydroxylation sites is 1. The van der Waals surface area contributed by atoms with Gasteiger partial charge in [-0.1, -0.05) is 12.1 Å². The molecule has 0 aliphatic rings. The van der Waals surface area contributed by atoms with Crippen LogP contribution in [0.5, 0.6) is 5.75 Å². The number of aromatic nitrogens is 1. The second kappa shape index (κ2) is 6.76. The molecule has 1 aromatic heterocycles. The van der Waals surface area contributed by atoms with E-state index in [1.165, 1.54) is 6.08 Å². The molecule has 0 bridgehead atoms. The average Bonchev–Trinajstić information content (AvgIpc) is 2.86. The minimum Gasteiger partial charge on any atom is -0.505 e. The van der Waals surface area contributed by atoms with Gasteiger partial charge in [-0.2, -0.15) is 5.26 Å². The molecule has 114 valence electrons. The summed E-state index contributed by atoms with van der Waals surface area (Å²) in [7, 11) is 0. The molecule has 0 fully saturated rings. The number of nitriles is 1. The third kappa shape index (κ3) is 3.25. The summed E-state index contributed by atoms with van der Waals surface area (Å²) in [5.41, 5.74) is 6.82. The van der Waals surface area contributed by atoms with Crippen molar-refractivity contribution in [3.05, 3.63) is 35.5 Å². The highest BCUT2D eigenvalue weighted by molar-refractivity contribution is 6.05. The summed E-state index contributed by atoms with van der Waals surface area (Å²) in [6.45, 7) is -0.550. The van der Waals surface area contributed by atoms with E-state index in [1.54, 1.807) is 18.2 Å². The van der Waals surface area contributed by atoms with E-state index in [4.69, 9.17) is 16.1 Å². The topological polar surface area (TPSA) is 139 Å². The summed E-state index contributed by atoms with van der Waals surface area (Å²) in [5.74, 6) is -0.0559. The number of aliphatic hydroxyl groups excluding tert-OH is 2. The van der Waals surface area contributed by atoms with Crippen molar-refractivity contribution in [2.24, 2.45) is 10.7 Å². The zero-order valence-corrected chi connectivity index (χ0v) is 11.7. The standard InChI is InChI=1S/C15H16N4O3/c16-6-9(15(17)18-7-10(21)8-20)5-13-14(22)11-3-1-2-4-12(11)19-13/h1-5,10,19-22H,7-8H2,(H2,17,18)/b9-5-. The molecule has 7 heteroatoms. The van der Waals surface area contributed by atoms with Crippen LogP contribution in [0.2, 0.25) is 0 Å². The molecule has 0 saturated heterocycles. The van der Waals surface area contributed by atoms with Crippen LogP contribution in [0.1, 0.15) is 5.69 Å². The zero-order chi connectivity index (χ0) is 16.1. The number of rotatable bonds is 5. The molecule has 6 N–H and O–H groups in total. The highest BCUT2D eigenvalue weighted by Crippen LogP contribution is 2.29. The van der Waals surface area contributed by atoms with Gasteiger partial charge in [0.05, 0.1) is 30.5 Å². The molecule has 0 radical (unpaired) electrons. The maximum absolute atomic E-state index is 10.1. The highest BCUT2D eigenvalue weighted by Gasteiger charge is 2.11. The van der Waals surface area contributed by atoms with Crippen LogP contribution in [0.3, 0.4) is 0 Å². The van der Waals surface area contributed by atoms with Crippen LogP contribution >= 0.6 is 0 Å². The molecule has 1 unspecified atom stereocenters. The van der Waals surface area contributed by atoms with Gasteiger partial charge in [0.2, 0.25) is 0 Å². The van der Waals surface area contributed by atoms with Crippen LogP contribution in [0.15, 0.2) is 34.8 Å². The third-order valence-corrected chi connectivity index (χ3v) is 3.07. The van der Waals surface area contributed by atoms with Crippen LogP contribution in [0.25, 0.3) is 17.0 Å². The number of nitrogens with zero attached hydrogens (tertiary/aromatic N) is 2. The van der Waals surface area contributed by atoms with Crippen molar-refractivity contribution < 1.29 is 15.3 Å². The smallest absolute Gasteiger partial charge is 0.148 e. The van der Waals surface area contributed by atoms with E-state index in [1.807, 2.05) is 12.1 Å². The number of hydrogen-bond donors (Lipinski definition) is 5. The first kappa shape index (κ1) is 15.6. The number of nitrogens with two attached hydrogens (primary N) is 1. The Labute approximate surface area is 126 Å². The Bertz CT molecular complexity index is 771. The fourth-order valence-electron chi connectivity index (χ4n) is 1.91. The predicted octanol–water partition coefficient (Wildman–Crippen LogP) is 0.491. The van der Waals surface area contributed by atoms with E-state index >= 15 is 0 Å². The van der Waals surface area contributed by atoms with Gasteiger partial charge in [0, 0.05) is 10.9 Å². The molecule has 1 atom stereocenters. The molecule has 0 saturated carbocycles. The molecular formula is C15H16N4O3. The van der Waals surface area contributed by atoms with E-state index in [9.17, 15) is 10.2 Å². The van der Waals surface area contributed by atoms with E-state index in [2.05, 4.69) is 9.98 Å². The molecule has 7 nitrogen and oxygen atoms in total. The summed E-state index contributed by atoms with van der Waals surface area (Å²) >= 11 is 0. The Balaban J connectivity index is 2.35. The fourth-order valence-corrected chi connectivity index (χ4v) is 1.91. The number of aliphatic imine (C=N–C) groups is 1. The second-order valence-electron chi connectivity index (χ2n) is 4.67. The summed E-state index contributed by atoms with van der Waals surface area (Å²) in [4.78, 5) is 6.83. The summed E-state index contributed by atoms with van der Waals surface area (Å²) in [6.07, 6.45) is 0.361. The molecule has 2 rings (SSSR count). The van der Waals surface area contributed by atoms with Gasteiger partial charge in [0.1, 0.15) is 17.7 Å². The second-order valence-corrected chi connectivity index (χ2v) is 4.67. The van der Waals surface area contributed by atoms with Crippen LogP contribution in [0.4, 0.5) is 0 Å². The van der Waals surface area contributed by atoms with Crippen molar-refractivity contribution in [2.75, 3.05) is 13.2 Å². The van der Waals surface area contributed by atoms with Gasteiger partial charge in [-0.15, -0.1) is 0 Å². The predicted molar refractivity (Wildman–Crippen MR) is 83.1 cm³/mol. The number of aliphatic hydroxyl groups is 2. The van der Waals surface area contributed by atoms with Crippen LogP contribution < -0.4 is 5.73 Å². The first-order valence-corrected chi connectivity index (χ1v) is 6.57. The number of aromatic hydroxyl groups is 1. The van der Waals surface area contributed by atoms with Crippen molar-refractivity contribution in [3.63, 3.8) is 0 Å². The van der Waals surface area contributed by atoms with Crippen LogP contribution in [0, 0.1) is 11.3 Å². The Hall–Kier alpha value is -2.82. The number of nitrogens with one attached hydrogen (secondary N) is 1. The largest absolute Gasteiger partial charge is 0.505 e. The van der Waals surface area contributed by atoms with E-state index < -0.39 is 12.7 Å². The van der Waals surface area contributed by atoms with Gasteiger partial charge in [-0.05, 0) is 18.2 Å². The summed E-state index contributed by atoms with van der Waals surface area (Å²) < 4.78 is 0. The van der Waals surface area contributed by atoms with Gasteiger partial charge in [0.15, 0.2) is 0 Å². The summed E-state index contributed by atoms with van der Waals surface area (Å²) in [5, 5.41) is 37.9. The Kier molecular flexibility index (Phi) is 4.78. The molecule has 0 aliphatic carbocycles. The fraction of sp³-hybridized carbons (Fsp3) is 0.200. The molecular weight excluding hydrogens is 284 g/mol. The van der Waals surface area contributed by atoms with Gasteiger partial charge in [0.25, 0.3) is 0 Å². The lowest BCUT2D eigenvalue weighted by Crippen LogP contribution is -2.21. The number of amidine groups is 1. The molecule has 0 spiro atoms. The highest BCUT2D eigenvalue weighted by atomic mass is 16.3. The third-order valence-electron chi connectivity index (χ3n) is 3.07. The molecule has 1 heterocycles. The van der Waals surface area contributed by atoms with E-state index in [0.717, 1.165) is 5.52 Å². The van der Waals surface area contributed by atoms with Crippen molar-refractivity contribution >= 4 is 22.8 Å². The Morgan fingerprint density at radius 2 is 2.18 bits per heavy atom. The lowest BCUT2D eigenvalue weighted by molar-refractivity contribution is 0.102. The van der Waals surface area contributed by atoms with Gasteiger partial charge < -0.3 is 26.0 Å². The maximum Gasteiger partial charge on any atom is 0.148 e. The molecule has 1 aromatic carbocycles.